The predicted octanol–water partition coefficient (Wildman–Crippen LogP) is 1.90. The Kier molecular flexibility index (Phi) is 4.07. The lowest BCUT2D eigenvalue weighted by Gasteiger charge is -2.08. The van der Waals surface area contributed by atoms with Crippen molar-refractivity contribution in [1.29, 1.82) is 0 Å². The summed E-state index contributed by atoms with van der Waals surface area (Å²) in [6, 6.07) is 4.74. The van der Waals surface area contributed by atoms with Crippen molar-refractivity contribution >= 4 is 34.0 Å². The second kappa shape index (κ2) is 5.76. The largest absolute Gasteiger partial charge is 0.382 e. The van der Waals surface area contributed by atoms with E-state index >= 15 is 0 Å². The summed E-state index contributed by atoms with van der Waals surface area (Å²) in [7, 11) is 0. The fraction of sp³-hybridized carbons (Fsp3) is 0.200. The Morgan fingerprint density at radius 1 is 1.50 bits per heavy atom. The van der Waals surface area contributed by atoms with Gasteiger partial charge >= 0.3 is 0 Å². The first kappa shape index (κ1) is 12.7. The van der Waals surface area contributed by atoms with E-state index in [2.05, 4.69) is 38.2 Å². The highest BCUT2D eigenvalue weighted by Gasteiger charge is 2.08. The molecule has 1 aromatic heterocycles. The van der Waals surface area contributed by atoms with Crippen LogP contribution in [0.3, 0.4) is 0 Å². The Balaban J connectivity index is 1.95. The lowest BCUT2D eigenvalue weighted by molar-refractivity contribution is -0.384. The van der Waals surface area contributed by atoms with Gasteiger partial charge in [0.05, 0.1) is 17.7 Å². The maximum absolute atomic E-state index is 10.6. The van der Waals surface area contributed by atoms with Gasteiger partial charge < -0.3 is 5.32 Å². The summed E-state index contributed by atoms with van der Waals surface area (Å²) in [6.45, 7) is 1.37. The lowest BCUT2D eigenvalue weighted by Crippen LogP contribution is -2.11. The normalized spacial score (nSPS) is 10.3. The van der Waals surface area contributed by atoms with E-state index in [4.69, 9.17) is 0 Å². The first-order chi connectivity index (χ1) is 8.66. The number of benzene rings is 1. The van der Waals surface area contributed by atoms with Gasteiger partial charge in [-0.3, -0.25) is 14.8 Å². The van der Waals surface area contributed by atoms with E-state index in [1.54, 1.807) is 29.2 Å². The molecule has 8 heteroatoms. The third-order valence-corrected chi connectivity index (χ3v) is 3.18. The van der Waals surface area contributed by atoms with Crippen LogP contribution in [-0.4, -0.2) is 26.5 Å². The van der Waals surface area contributed by atoms with Gasteiger partial charge in [-0.2, -0.15) is 0 Å². The molecule has 0 fully saturated rings. The molecule has 1 N–H and O–H groups in total. The molecule has 0 amide bonds. The molecule has 0 bridgehead atoms. The number of nitro benzene ring substituents is 1. The Hall–Kier alpha value is -1.71. The zero-order valence-corrected chi connectivity index (χ0v) is 11.4. The van der Waals surface area contributed by atoms with Crippen LogP contribution in [0.25, 0.3) is 0 Å². The minimum absolute atomic E-state index is 0.0984. The van der Waals surface area contributed by atoms with Crippen LogP contribution >= 0.6 is 22.6 Å². The molecule has 0 atom stereocenters. The molecule has 0 aliphatic rings. The van der Waals surface area contributed by atoms with Gasteiger partial charge in [0.2, 0.25) is 0 Å². The molecule has 0 spiro atoms. The highest BCUT2D eigenvalue weighted by atomic mass is 127. The van der Waals surface area contributed by atoms with Crippen molar-refractivity contribution in [2.45, 2.75) is 6.54 Å². The fourth-order valence-electron chi connectivity index (χ4n) is 1.42. The summed E-state index contributed by atoms with van der Waals surface area (Å²) in [5, 5.41) is 21.3. The van der Waals surface area contributed by atoms with E-state index in [0.29, 0.717) is 13.1 Å². The summed E-state index contributed by atoms with van der Waals surface area (Å²) in [5.74, 6) is 0. The SMILES string of the molecule is O=[N+]([O-])c1ccc(NCCn2ccnn2)c(I)c1. The molecule has 0 radical (unpaired) electrons. The average Bonchev–Trinajstić information content (AvgIpc) is 2.84. The minimum Gasteiger partial charge on any atom is -0.382 e. The summed E-state index contributed by atoms with van der Waals surface area (Å²) >= 11 is 2.07. The zero-order chi connectivity index (χ0) is 13.0. The topological polar surface area (TPSA) is 85.9 Å². The van der Waals surface area contributed by atoms with Crippen LogP contribution < -0.4 is 5.32 Å². The van der Waals surface area contributed by atoms with Gasteiger partial charge in [-0.1, -0.05) is 5.21 Å². The summed E-state index contributed by atoms with van der Waals surface area (Å²) < 4.78 is 2.53. The quantitative estimate of drug-likeness (QED) is 0.501. The van der Waals surface area contributed by atoms with Crippen LogP contribution in [0.5, 0.6) is 0 Å². The van der Waals surface area contributed by atoms with Gasteiger partial charge in [-0.15, -0.1) is 5.10 Å². The van der Waals surface area contributed by atoms with Crippen LogP contribution in [0, 0.1) is 13.7 Å². The maximum atomic E-state index is 10.6. The Morgan fingerprint density at radius 2 is 2.33 bits per heavy atom. The number of rotatable bonds is 5. The van der Waals surface area contributed by atoms with Gasteiger partial charge in [0.1, 0.15) is 0 Å². The third-order valence-electron chi connectivity index (χ3n) is 2.29. The molecule has 0 saturated carbocycles. The van der Waals surface area contributed by atoms with Crippen LogP contribution in [-0.2, 0) is 6.54 Å². The lowest BCUT2D eigenvalue weighted by atomic mass is 10.3. The monoisotopic (exact) mass is 359 g/mol. The Bertz CT molecular complexity index is 543. The van der Waals surface area contributed by atoms with Crippen molar-refractivity contribution in [3.05, 3.63) is 44.3 Å². The summed E-state index contributed by atoms with van der Waals surface area (Å²) in [4.78, 5) is 10.2. The van der Waals surface area contributed by atoms with Gasteiger partial charge in [0.15, 0.2) is 0 Å². The number of hydrogen-bond donors (Lipinski definition) is 1. The fourth-order valence-corrected chi connectivity index (χ4v) is 2.11. The number of nitrogens with one attached hydrogen (secondary N) is 1. The van der Waals surface area contributed by atoms with Gasteiger partial charge in [0, 0.05) is 34.1 Å². The third kappa shape index (κ3) is 3.15. The Morgan fingerprint density at radius 3 is 2.94 bits per heavy atom. The van der Waals surface area contributed by atoms with E-state index in [1.807, 2.05) is 0 Å². The van der Waals surface area contributed by atoms with Crippen LogP contribution in [0.4, 0.5) is 11.4 Å². The van der Waals surface area contributed by atoms with Crippen molar-refractivity contribution in [2.24, 2.45) is 0 Å². The van der Waals surface area contributed by atoms with Gasteiger partial charge in [0.25, 0.3) is 5.69 Å². The average molecular weight is 359 g/mol. The molecule has 2 rings (SSSR count). The first-order valence-corrected chi connectivity index (χ1v) is 6.26. The number of aromatic nitrogens is 3. The zero-order valence-electron chi connectivity index (χ0n) is 9.28. The second-order valence-corrected chi connectivity index (χ2v) is 4.68. The molecule has 94 valence electrons. The highest BCUT2D eigenvalue weighted by molar-refractivity contribution is 14.1. The number of hydrogen-bond acceptors (Lipinski definition) is 5. The molecule has 0 aliphatic carbocycles. The molecule has 2 aromatic rings. The molecule has 0 saturated heterocycles. The van der Waals surface area contributed by atoms with E-state index in [-0.39, 0.29) is 5.69 Å². The standard InChI is InChI=1S/C10H10IN5O2/c11-9-7-8(16(17)18)1-2-10(9)12-3-5-15-6-4-13-14-15/h1-2,4,6-7,12H,3,5H2. The van der Waals surface area contributed by atoms with Crippen LogP contribution in [0.1, 0.15) is 0 Å². The molecule has 0 unspecified atom stereocenters. The van der Waals surface area contributed by atoms with Crippen molar-refractivity contribution in [2.75, 3.05) is 11.9 Å². The maximum Gasteiger partial charge on any atom is 0.270 e. The molecular formula is C10H10IN5O2. The summed E-state index contributed by atoms with van der Waals surface area (Å²) in [6.07, 6.45) is 3.40. The molecule has 1 heterocycles. The first-order valence-electron chi connectivity index (χ1n) is 5.19. The number of anilines is 1. The smallest absolute Gasteiger partial charge is 0.270 e. The molecule has 0 aliphatic heterocycles. The van der Waals surface area contributed by atoms with Gasteiger partial charge in [-0.25, -0.2) is 0 Å². The van der Waals surface area contributed by atoms with E-state index in [0.717, 1.165) is 9.26 Å². The molecule has 18 heavy (non-hydrogen) atoms. The molecule has 1 aromatic carbocycles. The van der Waals surface area contributed by atoms with E-state index in [1.165, 1.54) is 6.07 Å². The highest BCUT2D eigenvalue weighted by Crippen LogP contribution is 2.23. The number of halogens is 1. The minimum atomic E-state index is -0.401. The number of nitro groups is 1. The van der Waals surface area contributed by atoms with E-state index in [9.17, 15) is 10.1 Å². The van der Waals surface area contributed by atoms with Crippen molar-refractivity contribution < 1.29 is 4.92 Å². The predicted molar refractivity (Wildman–Crippen MR) is 74.3 cm³/mol. The van der Waals surface area contributed by atoms with Crippen molar-refractivity contribution in [3.8, 4) is 0 Å². The number of nitrogens with zero attached hydrogens (tertiary/aromatic N) is 4. The van der Waals surface area contributed by atoms with Gasteiger partial charge in [-0.05, 0) is 28.7 Å². The molecular weight excluding hydrogens is 349 g/mol. The van der Waals surface area contributed by atoms with E-state index < -0.39 is 4.92 Å². The van der Waals surface area contributed by atoms with Crippen molar-refractivity contribution in [1.82, 2.24) is 15.0 Å². The van der Waals surface area contributed by atoms with Crippen LogP contribution in [0.2, 0.25) is 0 Å². The number of non-ortho nitro benzene ring substituents is 1. The summed E-state index contributed by atoms with van der Waals surface area (Å²) in [5.41, 5.74) is 0.975. The molecule has 7 nitrogen and oxygen atoms in total. The van der Waals surface area contributed by atoms with Crippen molar-refractivity contribution in [3.63, 3.8) is 0 Å². The Labute approximate surface area is 116 Å². The van der Waals surface area contributed by atoms with Crippen LogP contribution in [0.15, 0.2) is 30.6 Å². The second-order valence-electron chi connectivity index (χ2n) is 3.51.